The molecule has 0 N–H and O–H groups in total. The monoisotopic (exact) mass is 302 g/mol. The van der Waals surface area contributed by atoms with E-state index in [1.807, 2.05) is 18.2 Å². The molecule has 1 saturated heterocycles. The largest absolute Gasteiger partial charge is 0.229 e. The van der Waals surface area contributed by atoms with Crippen LogP contribution in [0.3, 0.4) is 0 Å². The predicted octanol–water partition coefficient (Wildman–Crippen LogP) is 2.95. The summed E-state index contributed by atoms with van der Waals surface area (Å²) < 4.78 is 22.7. The number of halogens is 1. The lowest BCUT2D eigenvalue weighted by molar-refractivity contribution is 0.540. The Balaban J connectivity index is 1.96. The molecule has 16 heavy (non-hydrogen) atoms. The maximum atomic E-state index is 11.3. The van der Waals surface area contributed by atoms with E-state index in [1.54, 1.807) is 0 Å². The smallest absolute Gasteiger partial charge is 0.150 e. The average molecular weight is 303 g/mol. The molecule has 0 saturated carbocycles. The third-order valence-corrected chi connectivity index (χ3v) is 5.77. The SMILES string of the molecule is O=S1(=O)CCC(CC(Br)c2ccccc2)C1. The van der Waals surface area contributed by atoms with Crippen molar-refractivity contribution in [1.82, 2.24) is 0 Å². The number of hydrogen-bond donors (Lipinski definition) is 0. The van der Waals surface area contributed by atoms with Crippen molar-refractivity contribution in [2.45, 2.75) is 17.7 Å². The minimum absolute atomic E-state index is 0.270. The van der Waals surface area contributed by atoms with E-state index < -0.39 is 9.84 Å². The summed E-state index contributed by atoms with van der Waals surface area (Å²) in [5.74, 6) is 1.04. The van der Waals surface area contributed by atoms with E-state index in [4.69, 9.17) is 0 Å². The van der Waals surface area contributed by atoms with Gasteiger partial charge >= 0.3 is 0 Å². The second kappa shape index (κ2) is 4.88. The first-order valence-corrected chi connectivity index (χ1v) is 8.20. The van der Waals surface area contributed by atoms with E-state index in [-0.39, 0.29) is 4.83 Å². The summed E-state index contributed by atoms with van der Waals surface area (Å²) in [6.45, 7) is 0. The van der Waals surface area contributed by atoms with Crippen LogP contribution in [-0.4, -0.2) is 19.9 Å². The van der Waals surface area contributed by atoms with Crippen LogP contribution in [0, 0.1) is 5.92 Å². The van der Waals surface area contributed by atoms with Crippen LogP contribution in [0.1, 0.15) is 23.2 Å². The van der Waals surface area contributed by atoms with Gasteiger partial charge in [0.2, 0.25) is 0 Å². The van der Waals surface area contributed by atoms with Crippen LogP contribution >= 0.6 is 15.9 Å². The fraction of sp³-hybridized carbons (Fsp3) is 0.500. The van der Waals surface area contributed by atoms with Gasteiger partial charge in [-0.25, -0.2) is 8.42 Å². The Morgan fingerprint density at radius 1 is 1.31 bits per heavy atom. The minimum atomic E-state index is -2.74. The number of sulfone groups is 1. The van der Waals surface area contributed by atoms with Gasteiger partial charge < -0.3 is 0 Å². The zero-order valence-corrected chi connectivity index (χ0v) is 11.4. The molecule has 0 aliphatic carbocycles. The molecule has 1 aromatic rings. The van der Waals surface area contributed by atoms with Crippen LogP contribution in [0.2, 0.25) is 0 Å². The van der Waals surface area contributed by atoms with Crippen LogP contribution < -0.4 is 0 Å². The van der Waals surface area contributed by atoms with Crippen molar-refractivity contribution in [2.75, 3.05) is 11.5 Å². The van der Waals surface area contributed by atoms with Crippen molar-refractivity contribution in [3.05, 3.63) is 35.9 Å². The quantitative estimate of drug-likeness (QED) is 0.805. The first-order chi connectivity index (χ1) is 7.57. The molecule has 2 unspecified atom stereocenters. The van der Waals surface area contributed by atoms with Gasteiger partial charge in [-0.15, -0.1) is 0 Å². The molecule has 0 amide bonds. The van der Waals surface area contributed by atoms with E-state index in [9.17, 15) is 8.42 Å². The maximum absolute atomic E-state index is 11.3. The van der Waals surface area contributed by atoms with E-state index in [0.717, 1.165) is 12.8 Å². The van der Waals surface area contributed by atoms with E-state index >= 15 is 0 Å². The standard InChI is InChI=1S/C12H15BrO2S/c13-12(11-4-2-1-3-5-11)8-10-6-7-16(14,15)9-10/h1-5,10,12H,6-9H2. The topological polar surface area (TPSA) is 34.1 Å². The van der Waals surface area contributed by atoms with Crippen LogP contribution in [0.4, 0.5) is 0 Å². The second-order valence-corrected chi connectivity index (χ2v) is 7.72. The van der Waals surface area contributed by atoms with Crippen molar-refractivity contribution >= 4 is 25.8 Å². The molecule has 2 rings (SSSR count). The van der Waals surface area contributed by atoms with Crippen LogP contribution in [0.15, 0.2) is 30.3 Å². The van der Waals surface area contributed by atoms with Crippen molar-refractivity contribution in [1.29, 1.82) is 0 Å². The van der Waals surface area contributed by atoms with Crippen LogP contribution in [0.5, 0.6) is 0 Å². The Kier molecular flexibility index (Phi) is 3.70. The van der Waals surface area contributed by atoms with Crippen molar-refractivity contribution in [2.24, 2.45) is 5.92 Å². The molecule has 0 spiro atoms. The highest BCUT2D eigenvalue weighted by Gasteiger charge is 2.29. The van der Waals surface area contributed by atoms with Crippen molar-refractivity contribution in [3.63, 3.8) is 0 Å². The van der Waals surface area contributed by atoms with Gasteiger partial charge in [-0.1, -0.05) is 46.3 Å². The molecule has 2 atom stereocenters. The summed E-state index contributed by atoms with van der Waals surface area (Å²) in [5.41, 5.74) is 1.23. The third-order valence-electron chi connectivity index (χ3n) is 3.03. The summed E-state index contributed by atoms with van der Waals surface area (Å²) in [6.07, 6.45) is 1.72. The van der Waals surface area contributed by atoms with Gasteiger partial charge in [-0.3, -0.25) is 0 Å². The van der Waals surface area contributed by atoms with Gasteiger partial charge in [0.1, 0.15) is 0 Å². The average Bonchev–Trinajstić information content (AvgIpc) is 2.59. The molecule has 1 heterocycles. The molecule has 1 aromatic carbocycles. The molecular weight excluding hydrogens is 288 g/mol. The molecular formula is C12H15BrO2S. The molecule has 1 aliphatic heterocycles. The summed E-state index contributed by atoms with van der Waals surface area (Å²) in [5, 5.41) is 0. The number of benzene rings is 1. The molecule has 88 valence electrons. The molecule has 0 aromatic heterocycles. The Bertz CT molecular complexity index is 441. The Morgan fingerprint density at radius 2 is 2.00 bits per heavy atom. The van der Waals surface area contributed by atoms with Gasteiger partial charge in [0.25, 0.3) is 0 Å². The van der Waals surface area contributed by atoms with Crippen molar-refractivity contribution < 1.29 is 8.42 Å². The number of hydrogen-bond acceptors (Lipinski definition) is 2. The highest BCUT2D eigenvalue weighted by molar-refractivity contribution is 9.09. The Morgan fingerprint density at radius 3 is 2.56 bits per heavy atom. The molecule has 0 radical (unpaired) electrons. The minimum Gasteiger partial charge on any atom is -0.229 e. The summed E-state index contributed by atoms with van der Waals surface area (Å²) in [4.78, 5) is 0.270. The van der Waals surface area contributed by atoms with E-state index in [0.29, 0.717) is 17.4 Å². The van der Waals surface area contributed by atoms with Gasteiger partial charge in [0.05, 0.1) is 11.5 Å². The molecule has 2 nitrogen and oxygen atoms in total. The fourth-order valence-corrected chi connectivity index (χ4v) is 4.86. The summed E-state index contributed by atoms with van der Waals surface area (Å²) in [6, 6.07) is 10.2. The van der Waals surface area contributed by atoms with Gasteiger partial charge in [-0.2, -0.15) is 0 Å². The third kappa shape index (κ3) is 3.08. The van der Waals surface area contributed by atoms with Gasteiger partial charge in [0, 0.05) is 4.83 Å². The fourth-order valence-electron chi connectivity index (χ4n) is 2.15. The first-order valence-electron chi connectivity index (χ1n) is 5.46. The summed E-state index contributed by atoms with van der Waals surface area (Å²) in [7, 11) is -2.74. The van der Waals surface area contributed by atoms with Gasteiger partial charge in [0.15, 0.2) is 9.84 Å². The molecule has 1 fully saturated rings. The zero-order valence-electron chi connectivity index (χ0n) is 8.97. The highest BCUT2D eigenvalue weighted by Crippen LogP contribution is 2.34. The summed E-state index contributed by atoms with van der Waals surface area (Å²) >= 11 is 3.64. The van der Waals surface area contributed by atoms with Gasteiger partial charge in [-0.05, 0) is 24.3 Å². The van der Waals surface area contributed by atoms with Crippen LogP contribution in [-0.2, 0) is 9.84 Å². The molecule has 0 bridgehead atoms. The highest BCUT2D eigenvalue weighted by atomic mass is 79.9. The Hall–Kier alpha value is -0.350. The van der Waals surface area contributed by atoms with E-state index in [2.05, 4.69) is 28.1 Å². The lowest BCUT2D eigenvalue weighted by Crippen LogP contribution is -2.07. The number of rotatable bonds is 3. The second-order valence-electron chi connectivity index (χ2n) is 4.38. The van der Waals surface area contributed by atoms with E-state index in [1.165, 1.54) is 5.56 Å². The zero-order chi connectivity index (χ0) is 11.6. The molecule has 1 aliphatic rings. The Labute approximate surface area is 105 Å². The first kappa shape index (κ1) is 12.1. The van der Waals surface area contributed by atoms with Crippen molar-refractivity contribution in [3.8, 4) is 0 Å². The maximum Gasteiger partial charge on any atom is 0.150 e. The lowest BCUT2D eigenvalue weighted by atomic mass is 9.99. The molecule has 4 heteroatoms. The lowest BCUT2D eigenvalue weighted by Gasteiger charge is -2.14. The normalized spacial score (nSPS) is 25.4. The van der Waals surface area contributed by atoms with Crippen LogP contribution in [0.25, 0.3) is 0 Å². The predicted molar refractivity (Wildman–Crippen MR) is 69.5 cm³/mol. The number of alkyl halides is 1.